The first-order valence-electron chi connectivity index (χ1n) is 6.77. The van der Waals surface area contributed by atoms with E-state index in [0.717, 1.165) is 16.9 Å². The Hall–Kier alpha value is -2.46. The number of ether oxygens (including phenoxy) is 1. The van der Waals surface area contributed by atoms with Crippen LogP contribution in [0.25, 0.3) is 6.08 Å². The predicted molar refractivity (Wildman–Crippen MR) is 88.9 cm³/mol. The summed E-state index contributed by atoms with van der Waals surface area (Å²) in [6.45, 7) is 0.445. The second kappa shape index (κ2) is 8.10. The molecule has 0 aliphatic carbocycles. The Labute approximate surface area is 134 Å². The van der Waals surface area contributed by atoms with Gasteiger partial charge in [-0.2, -0.15) is 0 Å². The van der Waals surface area contributed by atoms with Crippen molar-refractivity contribution in [1.29, 1.82) is 0 Å². The second-order valence-electron chi connectivity index (χ2n) is 4.56. The highest BCUT2D eigenvalue weighted by Gasteiger charge is 1.98. The van der Waals surface area contributed by atoms with Gasteiger partial charge in [0.25, 0.3) is 0 Å². The molecule has 114 valence electrons. The molecule has 2 rings (SSSR count). The number of rotatable bonds is 5. The third-order valence-electron chi connectivity index (χ3n) is 2.95. The van der Waals surface area contributed by atoms with Crippen molar-refractivity contribution in [1.82, 2.24) is 10.6 Å². The molecule has 0 unspecified atom stereocenters. The summed E-state index contributed by atoms with van der Waals surface area (Å²) in [7, 11) is 1.62. The van der Waals surface area contributed by atoms with Gasteiger partial charge in [0.05, 0.1) is 7.11 Å². The normalized spacial score (nSPS) is 10.5. The standard InChI is InChI=1S/C17H17ClN2O2/c1-22-16-7-5-14(6-8-16)12-20-17(21)19-10-9-13-3-2-4-15(18)11-13/h2-11H,12H2,1H3,(H2,19,20,21)/b10-9+. The summed E-state index contributed by atoms with van der Waals surface area (Å²) in [5.41, 5.74) is 1.91. The van der Waals surface area contributed by atoms with Gasteiger partial charge in [-0.1, -0.05) is 35.9 Å². The number of halogens is 1. The lowest BCUT2D eigenvalue weighted by Crippen LogP contribution is -2.31. The number of methoxy groups -OCH3 is 1. The minimum Gasteiger partial charge on any atom is -0.497 e. The van der Waals surface area contributed by atoms with Gasteiger partial charge in [-0.25, -0.2) is 4.79 Å². The number of hydrogen-bond donors (Lipinski definition) is 2. The van der Waals surface area contributed by atoms with Gasteiger partial charge in [0.2, 0.25) is 0 Å². The average Bonchev–Trinajstić information content (AvgIpc) is 2.53. The van der Waals surface area contributed by atoms with Crippen molar-refractivity contribution >= 4 is 23.7 Å². The van der Waals surface area contributed by atoms with E-state index in [0.29, 0.717) is 11.6 Å². The molecule has 0 spiro atoms. The summed E-state index contributed by atoms with van der Waals surface area (Å²) in [6, 6.07) is 14.6. The number of nitrogens with one attached hydrogen (secondary N) is 2. The Kier molecular flexibility index (Phi) is 5.86. The van der Waals surface area contributed by atoms with Crippen LogP contribution in [0.4, 0.5) is 4.79 Å². The highest BCUT2D eigenvalue weighted by molar-refractivity contribution is 6.30. The Morgan fingerprint density at radius 1 is 1.23 bits per heavy atom. The van der Waals surface area contributed by atoms with Gasteiger partial charge < -0.3 is 15.4 Å². The van der Waals surface area contributed by atoms with Crippen molar-refractivity contribution in [3.8, 4) is 5.75 Å². The van der Waals surface area contributed by atoms with E-state index in [1.54, 1.807) is 25.5 Å². The van der Waals surface area contributed by atoms with E-state index in [9.17, 15) is 4.79 Å². The number of carbonyl (C=O) groups excluding carboxylic acids is 1. The maximum Gasteiger partial charge on any atom is 0.319 e. The van der Waals surface area contributed by atoms with Crippen molar-refractivity contribution in [2.45, 2.75) is 6.54 Å². The molecule has 0 fully saturated rings. The van der Waals surface area contributed by atoms with E-state index in [2.05, 4.69) is 10.6 Å². The smallest absolute Gasteiger partial charge is 0.319 e. The van der Waals surface area contributed by atoms with Crippen LogP contribution in [0.15, 0.2) is 54.7 Å². The molecule has 2 aromatic rings. The third kappa shape index (κ3) is 5.14. The number of urea groups is 1. The Morgan fingerprint density at radius 3 is 2.68 bits per heavy atom. The van der Waals surface area contributed by atoms with Crippen molar-refractivity contribution in [2.75, 3.05) is 7.11 Å². The van der Waals surface area contributed by atoms with Crippen molar-refractivity contribution in [3.63, 3.8) is 0 Å². The van der Waals surface area contributed by atoms with Gasteiger partial charge in [-0.15, -0.1) is 0 Å². The van der Waals surface area contributed by atoms with Crippen LogP contribution in [0.3, 0.4) is 0 Å². The Balaban J connectivity index is 1.77. The SMILES string of the molecule is COc1ccc(CNC(=O)N/C=C/c2cccc(Cl)c2)cc1. The molecule has 0 saturated carbocycles. The molecule has 0 radical (unpaired) electrons. The minimum absolute atomic E-state index is 0.269. The van der Waals surface area contributed by atoms with Crippen molar-refractivity contribution < 1.29 is 9.53 Å². The fourth-order valence-electron chi connectivity index (χ4n) is 1.80. The van der Waals surface area contributed by atoms with Gasteiger partial charge in [-0.05, 0) is 41.5 Å². The molecule has 5 heteroatoms. The Morgan fingerprint density at radius 2 is 2.00 bits per heavy atom. The molecule has 0 bridgehead atoms. The monoisotopic (exact) mass is 316 g/mol. The van der Waals surface area contributed by atoms with Crippen LogP contribution in [0.2, 0.25) is 5.02 Å². The van der Waals surface area contributed by atoms with E-state index >= 15 is 0 Å². The van der Waals surface area contributed by atoms with Crippen LogP contribution >= 0.6 is 11.6 Å². The first-order chi connectivity index (χ1) is 10.7. The van der Waals surface area contributed by atoms with E-state index < -0.39 is 0 Å². The molecule has 2 N–H and O–H groups in total. The minimum atomic E-state index is -0.269. The zero-order valence-corrected chi connectivity index (χ0v) is 12.9. The van der Waals surface area contributed by atoms with E-state index in [4.69, 9.17) is 16.3 Å². The first kappa shape index (κ1) is 15.9. The van der Waals surface area contributed by atoms with Gasteiger partial charge in [0.15, 0.2) is 0 Å². The Bertz CT molecular complexity index is 654. The zero-order chi connectivity index (χ0) is 15.8. The lowest BCUT2D eigenvalue weighted by atomic mass is 10.2. The van der Waals surface area contributed by atoms with E-state index in [-0.39, 0.29) is 6.03 Å². The quantitative estimate of drug-likeness (QED) is 0.881. The lowest BCUT2D eigenvalue weighted by molar-refractivity contribution is 0.244. The largest absolute Gasteiger partial charge is 0.497 e. The molecule has 0 saturated heterocycles. The van der Waals surface area contributed by atoms with Gasteiger partial charge in [0.1, 0.15) is 5.75 Å². The fraction of sp³-hybridized carbons (Fsp3) is 0.118. The molecule has 2 aromatic carbocycles. The number of amides is 2. The van der Waals surface area contributed by atoms with Crippen LogP contribution in [0.1, 0.15) is 11.1 Å². The summed E-state index contributed by atoms with van der Waals surface area (Å²) in [5, 5.41) is 6.07. The molecule has 0 heterocycles. The number of hydrogen-bond acceptors (Lipinski definition) is 2. The molecule has 0 aromatic heterocycles. The molecule has 4 nitrogen and oxygen atoms in total. The van der Waals surface area contributed by atoms with Crippen LogP contribution in [0, 0.1) is 0 Å². The van der Waals surface area contributed by atoms with Crippen LogP contribution in [0.5, 0.6) is 5.75 Å². The van der Waals surface area contributed by atoms with Crippen LogP contribution < -0.4 is 15.4 Å². The molecular weight excluding hydrogens is 300 g/mol. The highest BCUT2D eigenvalue weighted by atomic mass is 35.5. The molecule has 0 aliphatic rings. The number of benzene rings is 2. The number of carbonyl (C=O) groups is 1. The molecule has 22 heavy (non-hydrogen) atoms. The summed E-state index contributed by atoms with van der Waals surface area (Å²) in [4.78, 5) is 11.7. The average molecular weight is 317 g/mol. The first-order valence-corrected chi connectivity index (χ1v) is 7.14. The van der Waals surface area contributed by atoms with Crippen molar-refractivity contribution in [3.05, 3.63) is 70.9 Å². The van der Waals surface area contributed by atoms with Gasteiger partial charge >= 0.3 is 6.03 Å². The van der Waals surface area contributed by atoms with E-state index in [1.165, 1.54) is 0 Å². The van der Waals surface area contributed by atoms with Crippen LogP contribution in [-0.2, 0) is 6.54 Å². The maximum atomic E-state index is 11.7. The summed E-state index contributed by atoms with van der Waals surface area (Å²) >= 11 is 5.88. The predicted octanol–water partition coefficient (Wildman–Crippen LogP) is 3.82. The van der Waals surface area contributed by atoms with E-state index in [1.807, 2.05) is 42.5 Å². The molecular formula is C17H17ClN2O2. The third-order valence-corrected chi connectivity index (χ3v) is 3.19. The molecule has 0 atom stereocenters. The zero-order valence-electron chi connectivity index (χ0n) is 12.2. The highest BCUT2D eigenvalue weighted by Crippen LogP contribution is 2.12. The summed E-state index contributed by atoms with van der Waals surface area (Å²) < 4.78 is 5.08. The summed E-state index contributed by atoms with van der Waals surface area (Å²) in [6.07, 6.45) is 3.36. The fourth-order valence-corrected chi connectivity index (χ4v) is 2.00. The molecule has 0 aliphatic heterocycles. The van der Waals surface area contributed by atoms with Crippen LogP contribution in [-0.4, -0.2) is 13.1 Å². The van der Waals surface area contributed by atoms with Crippen molar-refractivity contribution in [2.24, 2.45) is 0 Å². The second-order valence-corrected chi connectivity index (χ2v) is 5.00. The maximum absolute atomic E-state index is 11.7. The van der Waals surface area contributed by atoms with Gasteiger partial charge in [-0.3, -0.25) is 0 Å². The lowest BCUT2D eigenvalue weighted by Gasteiger charge is -2.06. The topological polar surface area (TPSA) is 50.4 Å². The summed E-state index contributed by atoms with van der Waals surface area (Å²) in [5.74, 6) is 0.789. The van der Waals surface area contributed by atoms with Gasteiger partial charge in [0, 0.05) is 17.8 Å². The molecule has 2 amide bonds.